The molecule has 33 heavy (non-hydrogen) atoms. The predicted octanol–water partition coefficient (Wildman–Crippen LogP) is 4.31. The van der Waals surface area contributed by atoms with Gasteiger partial charge >= 0.3 is 0 Å². The van der Waals surface area contributed by atoms with Crippen LogP contribution in [0.15, 0.2) is 83.8 Å². The molecule has 2 N–H and O–H groups in total. The van der Waals surface area contributed by atoms with Crippen LogP contribution in [0.5, 0.6) is 0 Å². The highest BCUT2D eigenvalue weighted by Crippen LogP contribution is 2.30. The summed E-state index contributed by atoms with van der Waals surface area (Å²) in [6.45, 7) is 3.12. The van der Waals surface area contributed by atoms with Gasteiger partial charge in [-0.15, -0.1) is 0 Å². The molecule has 0 radical (unpaired) electrons. The van der Waals surface area contributed by atoms with E-state index in [1.165, 1.54) is 18.2 Å². The molecule has 0 fully saturated rings. The minimum absolute atomic E-state index is 0.0226. The maximum absolute atomic E-state index is 13.4. The third-order valence-electron chi connectivity index (χ3n) is 4.61. The number of amides is 2. The van der Waals surface area contributed by atoms with Crippen LogP contribution in [0.4, 0.5) is 11.4 Å². The van der Waals surface area contributed by atoms with Crippen LogP contribution in [-0.4, -0.2) is 32.8 Å². The normalized spacial score (nSPS) is 11.2. The zero-order valence-electron chi connectivity index (χ0n) is 18.2. The molecule has 172 valence electrons. The van der Waals surface area contributed by atoms with E-state index in [-0.39, 0.29) is 38.8 Å². The van der Waals surface area contributed by atoms with Crippen molar-refractivity contribution in [1.29, 1.82) is 0 Å². The lowest BCUT2D eigenvalue weighted by Gasteiger charge is -2.25. The number of hydrogen-bond acceptors (Lipinski definition) is 4. The summed E-state index contributed by atoms with van der Waals surface area (Å²) in [7, 11) is -4.10. The zero-order chi connectivity index (χ0) is 24.0. The van der Waals surface area contributed by atoms with Crippen LogP contribution in [0, 0.1) is 0 Å². The van der Waals surface area contributed by atoms with Crippen molar-refractivity contribution in [2.24, 2.45) is 0 Å². The molecule has 0 heterocycles. The molecule has 2 amide bonds. The van der Waals surface area contributed by atoms with Gasteiger partial charge in [0.25, 0.3) is 15.9 Å². The van der Waals surface area contributed by atoms with Crippen molar-refractivity contribution < 1.29 is 18.0 Å². The van der Waals surface area contributed by atoms with Gasteiger partial charge in [-0.1, -0.05) is 54.1 Å². The number of para-hydroxylation sites is 2. The fraction of sp³-hybridized carbons (Fsp3) is 0.167. The van der Waals surface area contributed by atoms with Crippen LogP contribution in [-0.2, 0) is 14.8 Å². The average molecular weight is 486 g/mol. The first-order valence-corrected chi connectivity index (χ1v) is 12.0. The van der Waals surface area contributed by atoms with Crippen molar-refractivity contribution >= 4 is 44.8 Å². The number of hydrogen-bond donors (Lipinski definition) is 2. The Hall–Kier alpha value is -3.36. The number of sulfonamides is 1. The highest BCUT2D eigenvalue weighted by molar-refractivity contribution is 7.92. The fourth-order valence-corrected chi connectivity index (χ4v) is 4.87. The lowest BCUT2D eigenvalue weighted by atomic mass is 10.1. The molecule has 3 aromatic rings. The van der Waals surface area contributed by atoms with Gasteiger partial charge in [-0.3, -0.25) is 13.9 Å². The minimum Gasteiger partial charge on any atom is -0.350 e. The van der Waals surface area contributed by atoms with E-state index >= 15 is 0 Å². The Labute approximate surface area is 198 Å². The molecule has 0 saturated heterocycles. The second-order valence-electron chi connectivity index (χ2n) is 7.50. The average Bonchev–Trinajstić information content (AvgIpc) is 2.78. The van der Waals surface area contributed by atoms with E-state index in [9.17, 15) is 18.0 Å². The molecule has 0 atom stereocenters. The number of carbonyl (C=O) groups excluding carboxylic acids is 2. The quantitative estimate of drug-likeness (QED) is 0.497. The Morgan fingerprint density at radius 2 is 1.52 bits per heavy atom. The lowest BCUT2D eigenvalue weighted by Crippen LogP contribution is -2.38. The molecule has 0 bridgehead atoms. The van der Waals surface area contributed by atoms with Crippen LogP contribution in [0.25, 0.3) is 0 Å². The number of rotatable bonds is 8. The molecule has 0 spiro atoms. The molecule has 0 aromatic heterocycles. The maximum atomic E-state index is 13.4. The topological polar surface area (TPSA) is 95.6 Å². The Balaban J connectivity index is 1.93. The molecule has 0 aliphatic heterocycles. The van der Waals surface area contributed by atoms with E-state index in [0.29, 0.717) is 0 Å². The van der Waals surface area contributed by atoms with Gasteiger partial charge in [-0.25, -0.2) is 8.42 Å². The maximum Gasteiger partial charge on any atom is 0.264 e. The molecule has 0 aliphatic carbocycles. The van der Waals surface area contributed by atoms with Crippen LogP contribution in [0.3, 0.4) is 0 Å². The van der Waals surface area contributed by atoms with Gasteiger partial charge in [-0.2, -0.15) is 0 Å². The van der Waals surface area contributed by atoms with E-state index in [0.717, 1.165) is 4.31 Å². The summed E-state index contributed by atoms with van der Waals surface area (Å²) in [5, 5.41) is 5.62. The summed E-state index contributed by atoms with van der Waals surface area (Å²) in [6.07, 6.45) is 0. The highest BCUT2D eigenvalue weighted by Gasteiger charge is 2.29. The Morgan fingerprint density at radius 3 is 2.18 bits per heavy atom. The minimum atomic E-state index is -4.10. The summed E-state index contributed by atoms with van der Waals surface area (Å²) >= 11 is 6.28. The third-order valence-corrected chi connectivity index (χ3v) is 6.70. The molecule has 7 nitrogen and oxygen atoms in total. The molecule has 9 heteroatoms. The first kappa shape index (κ1) is 24.3. The van der Waals surface area contributed by atoms with Crippen LogP contribution in [0.1, 0.15) is 24.2 Å². The van der Waals surface area contributed by atoms with Crippen molar-refractivity contribution in [2.75, 3.05) is 16.2 Å². The zero-order valence-corrected chi connectivity index (χ0v) is 19.7. The van der Waals surface area contributed by atoms with E-state index in [1.54, 1.807) is 60.7 Å². The van der Waals surface area contributed by atoms with Crippen molar-refractivity contribution in [3.05, 3.63) is 89.4 Å². The number of benzene rings is 3. The number of nitrogens with one attached hydrogen (secondary N) is 2. The summed E-state index contributed by atoms with van der Waals surface area (Å²) in [5.41, 5.74) is 0.718. The van der Waals surface area contributed by atoms with Crippen LogP contribution in [0.2, 0.25) is 5.02 Å². The van der Waals surface area contributed by atoms with Gasteiger partial charge < -0.3 is 10.6 Å². The third kappa shape index (κ3) is 5.91. The molecular formula is C24H24ClN3O4S. The largest absolute Gasteiger partial charge is 0.350 e. The molecule has 3 aromatic carbocycles. The van der Waals surface area contributed by atoms with E-state index in [1.807, 2.05) is 13.8 Å². The smallest absolute Gasteiger partial charge is 0.264 e. The molecule has 3 rings (SSSR count). The summed E-state index contributed by atoms with van der Waals surface area (Å²) in [5.74, 6) is -0.972. The Kier molecular flexibility index (Phi) is 7.73. The summed E-state index contributed by atoms with van der Waals surface area (Å²) < 4.78 is 27.7. The van der Waals surface area contributed by atoms with Crippen molar-refractivity contribution in [2.45, 2.75) is 24.8 Å². The summed E-state index contributed by atoms with van der Waals surface area (Å²) in [4.78, 5) is 25.5. The number of nitrogens with zero attached hydrogens (tertiary/aromatic N) is 1. The molecule has 0 saturated carbocycles. The van der Waals surface area contributed by atoms with E-state index in [2.05, 4.69) is 10.6 Å². The Bertz CT molecular complexity index is 1250. The van der Waals surface area contributed by atoms with Crippen LogP contribution >= 0.6 is 11.6 Å². The molecule has 0 aliphatic rings. The van der Waals surface area contributed by atoms with Gasteiger partial charge in [0.1, 0.15) is 6.54 Å². The van der Waals surface area contributed by atoms with Gasteiger partial charge in [0.15, 0.2) is 0 Å². The van der Waals surface area contributed by atoms with Gasteiger partial charge in [0.05, 0.1) is 26.9 Å². The SMILES string of the molecule is CC(C)NC(=O)c1ccccc1NC(=O)CN(c1ccccc1Cl)S(=O)(=O)c1ccccc1. The van der Waals surface area contributed by atoms with E-state index < -0.39 is 22.5 Å². The van der Waals surface area contributed by atoms with Gasteiger partial charge in [-0.05, 0) is 50.2 Å². The first-order chi connectivity index (χ1) is 15.7. The Morgan fingerprint density at radius 1 is 0.909 bits per heavy atom. The van der Waals surface area contributed by atoms with Crippen molar-refractivity contribution in [3.8, 4) is 0 Å². The molecular weight excluding hydrogens is 462 g/mol. The van der Waals surface area contributed by atoms with E-state index in [4.69, 9.17) is 11.6 Å². The fourth-order valence-electron chi connectivity index (χ4n) is 3.12. The summed E-state index contributed by atoms with van der Waals surface area (Å²) in [6, 6.07) is 20.6. The number of halogens is 1. The van der Waals surface area contributed by atoms with Crippen molar-refractivity contribution in [1.82, 2.24) is 5.32 Å². The second-order valence-corrected chi connectivity index (χ2v) is 9.77. The van der Waals surface area contributed by atoms with Crippen molar-refractivity contribution in [3.63, 3.8) is 0 Å². The van der Waals surface area contributed by atoms with Gasteiger partial charge in [0, 0.05) is 6.04 Å². The standard InChI is InChI=1S/C24H24ClN3O4S/c1-17(2)26-24(30)19-12-6-8-14-21(19)27-23(29)16-28(22-15-9-7-13-20(22)25)33(31,32)18-10-4-3-5-11-18/h3-15,17H,16H2,1-2H3,(H,26,30)(H,27,29). The second kappa shape index (κ2) is 10.5. The lowest BCUT2D eigenvalue weighted by molar-refractivity contribution is -0.114. The highest BCUT2D eigenvalue weighted by atomic mass is 35.5. The van der Waals surface area contributed by atoms with Crippen LogP contribution < -0.4 is 14.9 Å². The molecule has 0 unspecified atom stereocenters. The monoisotopic (exact) mass is 485 g/mol. The first-order valence-electron chi connectivity index (χ1n) is 10.2. The number of anilines is 2. The number of carbonyl (C=O) groups is 2. The van der Waals surface area contributed by atoms with Gasteiger partial charge in [0.2, 0.25) is 5.91 Å². The predicted molar refractivity (Wildman–Crippen MR) is 130 cm³/mol.